The van der Waals surface area contributed by atoms with Gasteiger partial charge in [-0.25, -0.2) is 0 Å². The summed E-state index contributed by atoms with van der Waals surface area (Å²) in [6.07, 6.45) is 1.54. The first kappa shape index (κ1) is 4.52. The Kier molecular flexibility index (Phi) is 0.941. The van der Waals surface area contributed by atoms with Crippen LogP contribution >= 0.6 is 12.6 Å². The minimum absolute atomic E-state index is 0.544. The minimum Gasteiger partial charge on any atom is -0.187 e. The number of rotatable bonds is 0. The van der Waals surface area contributed by atoms with Crippen LogP contribution in [0.15, 0.2) is 11.2 Å². The molecule has 0 spiro atoms. The van der Waals surface area contributed by atoms with E-state index in [0.717, 1.165) is 0 Å². The molecule has 1 heterocycles. The normalized spacial score (nSPS) is 9.29. The van der Waals surface area contributed by atoms with Crippen LogP contribution < -0.4 is 0 Å². The Morgan fingerprint density at radius 2 is 2.57 bits per heavy atom. The van der Waals surface area contributed by atoms with Crippen molar-refractivity contribution in [2.24, 2.45) is 7.05 Å². The molecule has 0 aliphatic rings. The van der Waals surface area contributed by atoms with Crippen molar-refractivity contribution in [3.63, 3.8) is 0 Å². The Hall–Kier alpha value is -0.640. The molecule has 0 atom stereocenters. The highest BCUT2D eigenvalue weighted by Gasteiger charge is 1.86. The highest BCUT2D eigenvalue weighted by Crippen LogP contribution is 1.92. The first-order chi connectivity index (χ1) is 3.29. The summed E-state index contributed by atoms with van der Waals surface area (Å²) in [7, 11) is 1.73. The van der Waals surface area contributed by atoms with Gasteiger partial charge in [-0.1, -0.05) is 12.6 Å². The van der Waals surface area contributed by atoms with Crippen LogP contribution in [0.5, 0.6) is 0 Å². The van der Waals surface area contributed by atoms with E-state index in [2.05, 4.69) is 22.8 Å². The second-order valence-corrected chi connectivity index (χ2v) is 1.59. The molecule has 1 aromatic heterocycles. The topological polar surface area (TPSA) is 30.7 Å². The summed E-state index contributed by atoms with van der Waals surface area (Å²) in [5.74, 6) is 0. The second-order valence-electron chi connectivity index (χ2n) is 1.17. The Morgan fingerprint density at radius 3 is 2.71 bits per heavy atom. The van der Waals surface area contributed by atoms with Crippen molar-refractivity contribution >= 4 is 12.6 Å². The Labute approximate surface area is 46.7 Å². The van der Waals surface area contributed by atoms with Gasteiger partial charge in [0.25, 0.3) is 0 Å². The van der Waals surface area contributed by atoms with Crippen LogP contribution in [0.4, 0.5) is 0 Å². The van der Waals surface area contributed by atoms with Crippen molar-refractivity contribution in [3.05, 3.63) is 6.20 Å². The standard InChI is InChI=1S/C3H4N3S/c1-6-4-2-3(7)5-6/h2H,1H3. The van der Waals surface area contributed by atoms with Crippen LogP contribution in [-0.4, -0.2) is 15.0 Å². The molecule has 1 radical (unpaired) electrons. The van der Waals surface area contributed by atoms with Crippen LogP contribution in [-0.2, 0) is 7.05 Å². The van der Waals surface area contributed by atoms with Gasteiger partial charge < -0.3 is 0 Å². The lowest BCUT2D eigenvalue weighted by Crippen LogP contribution is -1.90. The van der Waals surface area contributed by atoms with Gasteiger partial charge in [-0.15, -0.1) is 5.10 Å². The molecule has 0 fully saturated rings. The summed E-state index contributed by atoms with van der Waals surface area (Å²) in [4.78, 5) is 1.43. The minimum atomic E-state index is 0.544. The van der Waals surface area contributed by atoms with Crippen LogP contribution in [0.1, 0.15) is 0 Å². The summed E-state index contributed by atoms with van der Waals surface area (Å²) >= 11 is 4.64. The van der Waals surface area contributed by atoms with E-state index in [4.69, 9.17) is 0 Å². The Balaban J connectivity index is 3.04. The first-order valence-electron chi connectivity index (χ1n) is 1.82. The molecule has 0 aromatic carbocycles. The molecular weight excluding hydrogens is 110 g/mol. The summed E-state index contributed by atoms with van der Waals surface area (Å²) in [6.45, 7) is 0. The van der Waals surface area contributed by atoms with Gasteiger partial charge in [0.15, 0.2) is 5.03 Å². The fraction of sp³-hybridized carbons (Fsp3) is 0.333. The molecule has 0 aliphatic carbocycles. The van der Waals surface area contributed by atoms with Crippen molar-refractivity contribution in [2.45, 2.75) is 5.03 Å². The molecule has 1 aromatic rings. The third-order valence-electron chi connectivity index (χ3n) is 0.579. The van der Waals surface area contributed by atoms with Gasteiger partial charge in [-0.2, -0.15) is 9.90 Å². The van der Waals surface area contributed by atoms with E-state index in [1.165, 1.54) is 11.0 Å². The summed E-state index contributed by atoms with van der Waals surface area (Å²) in [5.41, 5.74) is 0. The van der Waals surface area contributed by atoms with E-state index in [9.17, 15) is 0 Å². The van der Waals surface area contributed by atoms with Gasteiger partial charge in [-0.05, 0) is 0 Å². The van der Waals surface area contributed by atoms with E-state index >= 15 is 0 Å². The van der Waals surface area contributed by atoms with E-state index in [1.807, 2.05) is 0 Å². The Bertz CT molecular complexity index is 142. The molecule has 37 valence electrons. The fourth-order valence-electron chi connectivity index (χ4n) is 0.327. The number of aryl methyl sites for hydroxylation is 1. The van der Waals surface area contributed by atoms with Crippen molar-refractivity contribution in [3.8, 4) is 0 Å². The molecule has 0 amide bonds. The summed E-state index contributed by atoms with van der Waals surface area (Å²) in [5, 5.41) is 7.99. The zero-order valence-electron chi connectivity index (χ0n) is 3.83. The molecule has 0 saturated carbocycles. The SMILES string of the molecule is Cn1ncc([S])n1. The van der Waals surface area contributed by atoms with Crippen molar-refractivity contribution in [2.75, 3.05) is 0 Å². The molecule has 1 rings (SSSR count). The van der Waals surface area contributed by atoms with Gasteiger partial charge in [0.2, 0.25) is 0 Å². The maximum atomic E-state index is 4.64. The third kappa shape index (κ3) is 0.866. The number of aromatic nitrogens is 3. The fourth-order valence-corrected chi connectivity index (χ4v) is 0.493. The van der Waals surface area contributed by atoms with E-state index < -0.39 is 0 Å². The van der Waals surface area contributed by atoms with Crippen molar-refractivity contribution in [1.29, 1.82) is 0 Å². The smallest absolute Gasteiger partial charge is 0.168 e. The van der Waals surface area contributed by atoms with E-state index in [0.29, 0.717) is 5.03 Å². The zero-order chi connectivity index (χ0) is 5.28. The Morgan fingerprint density at radius 1 is 1.86 bits per heavy atom. The highest BCUT2D eigenvalue weighted by molar-refractivity contribution is 7.80. The lowest BCUT2D eigenvalue weighted by atomic mass is 11.0. The predicted molar refractivity (Wildman–Crippen MR) is 26.9 cm³/mol. The van der Waals surface area contributed by atoms with Crippen LogP contribution in [0, 0.1) is 0 Å². The van der Waals surface area contributed by atoms with Gasteiger partial charge in [-0.3, -0.25) is 0 Å². The van der Waals surface area contributed by atoms with Gasteiger partial charge in [0, 0.05) is 7.05 Å². The predicted octanol–water partition coefficient (Wildman–Crippen LogP) is 0.371. The van der Waals surface area contributed by atoms with Crippen molar-refractivity contribution < 1.29 is 0 Å². The monoisotopic (exact) mass is 114 g/mol. The van der Waals surface area contributed by atoms with Crippen LogP contribution in [0.25, 0.3) is 0 Å². The lowest BCUT2D eigenvalue weighted by molar-refractivity contribution is 0.641. The quantitative estimate of drug-likeness (QED) is 0.488. The summed E-state index contributed by atoms with van der Waals surface area (Å²) < 4.78 is 0. The molecule has 0 bridgehead atoms. The molecule has 3 nitrogen and oxygen atoms in total. The largest absolute Gasteiger partial charge is 0.187 e. The van der Waals surface area contributed by atoms with Crippen molar-refractivity contribution in [1.82, 2.24) is 15.0 Å². The molecule has 0 saturated heterocycles. The third-order valence-corrected chi connectivity index (χ3v) is 0.766. The zero-order valence-corrected chi connectivity index (χ0v) is 4.64. The molecule has 0 aliphatic heterocycles. The van der Waals surface area contributed by atoms with Gasteiger partial charge in [0.05, 0.1) is 6.20 Å². The van der Waals surface area contributed by atoms with Crippen LogP contribution in [0.3, 0.4) is 0 Å². The molecule has 0 N–H and O–H groups in total. The lowest BCUT2D eigenvalue weighted by Gasteiger charge is -1.76. The molecular formula is C3H4N3S. The second kappa shape index (κ2) is 1.46. The van der Waals surface area contributed by atoms with E-state index in [-0.39, 0.29) is 0 Å². The average molecular weight is 114 g/mol. The number of nitrogens with zero attached hydrogens (tertiary/aromatic N) is 3. The van der Waals surface area contributed by atoms with Crippen LogP contribution in [0.2, 0.25) is 0 Å². The molecule has 4 heteroatoms. The maximum Gasteiger partial charge on any atom is 0.168 e. The highest BCUT2D eigenvalue weighted by atomic mass is 32.1. The molecule has 7 heavy (non-hydrogen) atoms. The van der Waals surface area contributed by atoms with Gasteiger partial charge >= 0.3 is 0 Å². The maximum absolute atomic E-state index is 4.64. The first-order valence-corrected chi connectivity index (χ1v) is 2.23. The van der Waals surface area contributed by atoms with E-state index in [1.54, 1.807) is 7.05 Å². The average Bonchev–Trinajstić information content (AvgIpc) is 1.87. The molecule has 0 unspecified atom stereocenters. The van der Waals surface area contributed by atoms with Gasteiger partial charge in [0.1, 0.15) is 0 Å². The number of hydrogen-bond acceptors (Lipinski definition) is 2. The summed E-state index contributed by atoms with van der Waals surface area (Å²) in [6, 6.07) is 0. The number of hydrogen-bond donors (Lipinski definition) is 0.